The first kappa shape index (κ1) is 11.3. The average Bonchev–Trinajstić information content (AvgIpc) is 2.15. The second-order valence-electron chi connectivity index (χ2n) is 2.90. The third kappa shape index (κ3) is 2.60. The van der Waals surface area contributed by atoms with Crippen molar-refractivity contribution in [2.45, 2.75) is 12.3 Å². The van der Waals surface area contributed by atoms with Gasteiger partial charge >= 0.3 is 0 Å². The molecule has 1 rings (SSSR count). The largest absolute Gasteiger partial charge is 0.281 e. The lowest BCUT2D eigenvalue weighted by atomic mass is 9.97. The number of benzene rings is 1. The Morgan fingerprint density at radius 2 is 2.14 bits per heavy atom. The number of halogens is 2. The summed E-state index contributed by atoms with van der Waals surface area (Å²) in [4.78, 5) is 11.1. The summed E-state index contributed by atoms with van der Waals surface area (Å²) in [5.41, 5.74) is 0.758. The van der Waals surface area contributed by atoms with E-state index in [0.717, 1.165) is 5.56 Å². The van der Waals surface area contributed by atoms with Crippen LogP contribution in [-0.4, -0.2) is 5.24 Å². The van der Waals surface area contributed by atoms with E-state index in [0.29, 0.717) is 11.4 Å². The van der Waals surface area contributed by atoms with Gasteiger partial charge in [-0.05, 0) is 29.7 Å². The van der Waals surface area contributed by atoms with Gasteiger partial charge in [-0.15, -0.1) is 6.58 Å². The minimum absolute atomic E-state index is 0.386. The van der Waals surface area contributed by atoms with E-state index < -0.39 is 5.24 Å². The Labute approximate surface area is 93.3 Å². The van der Waals surface area contributed by atoms with Gasteiger partial charge in [-0.1, -0.05) is 35.9 Å². The van der Waals surface area contributed by atoms with Crippen molar-refractivity contribution < 1.29 is 4.79 Å². The van der Waals surface area contributed by atoms with Gasteiger partial charge in [0, 0.05) is 5.02 Å². The molecule has 0 heterocycles. The third-order valence-corrected chi connectivity index (χ3v) is 2.56. The number of carbonyl (C=O) groups is 1. The highest BCUT2D eigenvalue weighted by Crippen LogP contribution is 2.28. The zero-order valence-electron chi connectivity index (χ0n) is 7.54. The van der Waals surface area contributed by atoms with Crippen LogP contribution in [0.4, 0.5) is 0 Å². The molecule has 1 atom stereocenters. The summed E-state index contributed by atoms with van der Waals surface area (Å²) < 4.78 is 0. The molecule has 0 aliphatic rings. The average molecular weight is 229 g/mol. The fourth-order valence-electron chi connectivity index (χ4n) is 1.27. The number of allylic oxidation sites excluding steroid dienone is 1. The zero-order chi connectivity index (χ0) is 10.6. The first-order chi connectivity index (χ1) is 6.66. The number of rotatable bonds is 4. The first-order valence-electron chi connectivity index (χ1n) is 4.21. The summed E-state index contributed by atoms with van der Waals surface area (Å²) in [7, 11) is 0. The van der Waals surface area contributed by atoms with Crippen molar-refractivity contribution in [3.63, 3.8) is 0 Å². The maximum atomic E-state index is 11.1. The topological polar surface area (TPSA) is 17.1 Å². The molecule has 74 valence electrons. The van der Waals surface area contributed by atoms with Crippen molar-refractivity contribution in [1.82, 2.24) is 0 Å². The van der Waals surface area contributed by atoms with Crippen LogP contribution in [0.25, 0.3) is 0 Å². The molecule has 0 aromatic heterocycles. The van der Waals surface area contributed by atoms with Gasteiger partial charge in [-0.3, -0.25) is 4.79 Å². The standard InChI is InChI=1S/C11H10Cl2O/c1-2-5-9(11(13)14)8-6-3-4-7-10(8)12/h2-4,6-7,9H,1,5H2. The second-order valence-corrected chi connectivity index (χ2v) is 3.68. The lowest BCUT2D eigenvalue weighted by molar-refractivity contribution is -0.112. The van der Waals surface area contributed by atoms with E-state index in [1.807, 2.05) is 12.1 Å². The van der Waals surface area contributed by atoms with Gasteiger partial charge in [0.1, 0.15) is 0 Å². The highest BCUT2D eigenvalue weighted by atomic mass is 35.5. The quantitative estimate of drug-likeness (QED) is 0.567. The summed E-state index contributed by atoms with van der Waals surface area (Å²) in [6, 6.07) is 7.19. The summed E-state index contributed by atoms with van der Waals surface area (Å²) in [5.74, 6) is -0.386. The molecule has 0 fully saturated rings. The molecule has 0 N–H and O–H groups in total. The summed E-state index contributed by atoms with van der Waals surface area (Å²) in [5, 5.41) is 0.159. The van der Waals surface area contributed by atoms with Gasteiger partial charge in [0.2, 0.25) is 5.24 Å². The lowest BCUT2D eigenvalue weighted by Crippen LogP contribution is -2.06. The lowest BCUT2D eigenvalue weighted by Gasteiger charge is -2.11. The highest BCUT2D eigenvalue weighted by molar-refractivity contribution is 6.64. The highest BCUT2D eigenvalue weighted by Gasteiger charge is 2.19. The Bertz CT molecular complexity index is 347. The molecular formula is C11H10Cl2O. The predicted octanol–water partition coefficient (Wildman–Crippen LogP) is 3.77. The summed E-state index contributed by atoms with van der Waals surface area (Å²) >= 11 is 11.4. The van der Waals surface area contributed by atoms with Crippen LogP contribution >= 0.6 is 23.2 Å². The molecule has 0 amide bonds. The van der Waals surface area contributed by atoms with Crippen molar-refractivity contribution in [2.75, 3.05) is 0 Å². The van der Waals surface area contributed by atoms with Crippen molar-refractivity contribution in [3.8, 4) is 0 Å². The smallest absolute Gasteiger partial charge is 0.229 e. The van der Waals surface area contributed by atoms with Crippen molar-refractivity contribution in [2.24, 2.45) is 0 Å². The predicted molar refractivity (Wildman–Crippen MR) is 59.9 cm³/mol. The van der Waals surface area contributed by atoms with Gasteiger partial charge < -0.3 is 0 Å². The number of hydrogen-bond acceptors (Lipinski definition) is 1. The molecule has 3 heteroatoms. The molecule has 1 aromatic rings. The van der Waals surface area contributed by atoms with Crippen LogP contribution in [0.1, 0.15) is 17.9 Å². The molecule has 0 saturated carbocycles. The summed E-state index contributed by atoms with van der Waals surface area (Å²) in [6.45, 7) is 3.58. The van der Waals surface area contributed by atoms with Crippen molar-refractivity contribution in [3.05, 3.63) is 47.5 Å². The molecule has 1 nitrogen and oxygen atoms in total. The van der Waals surface area contributed by atoms with E-state index in [-0.39, 0.29) is 5.92 Å². The second kappa shape index (κ2) is 5.18. The SMILES string of the molecule is C=CCC(C(=O)Cl)c1ccccc1Cl. The van der Waals surface area contributed by atoms with E-state index >= 15 is 0 Å². The first-order valence-corrected chi connectivity index (χ1v) is 4.97. The van der Waals surface area contributed by atoms with E-state index in [9.17, 15) is 4.79 Å². The number of hydrogen-bond donors (Lipinski definition) is 0. The van der Waals surface area contributed by atoms with E-state index in [2.05, 4.69) is 6.58 Å². The van der Waals surface area contributed by atoms with Gasteiger partial charge in [-0.2, -0.15) is 0 Å². The number of carbonyl (C=O) groups excluding carboxylic acids is 1. The minimum Gasteiger partial charge on any atom is -0.281 e. The Kier molecular flexibility index (Phi) is 4.18. The molecule has 14 heavy (non-hydrogen) atoms. The Hall–Kier alpha value is -0.790. The van der Waals surface area contributed by atoms with Crippen molar-refractivity contribution in [1.29, 1.82) is 0 Å². The fraction of sp³-hybridized carbons (Fsp3) is 0.182. The monoisotopic (exact) mass is 228 g/mol. The molecular weight excluding hydrogens is 219 g/mol. The van der Waals surface area contributed by atoms with Crippen molar-refractivity contribution >= 4 is 28.4 Å². The Morgan fingerprint density at radius 3 is 2.64 bits per heavy atom. The van der Waals surface area contributed by atoms with Crippen LogP contribution in [0.5, 0.6) is 0 Å². The molecule has 0 bridgehead atoms. The fourth-order valence-corrected chi connectivity index (χ4v) is 1.74. The van der Waals surface area contributed by atoms with Gasteiger partial charge in [-0.25, -0.2) is 0 Å². The minimum atomic E-state index is -0.405. The van der Waals surface area contributed by atoms with Crippen LogP contribution in [-0.2, 0) is 4.79 Å². The van der Waals surface area contributed by atoms with Crippen LogP contribution in [0.15, 0.2) is 36.9 Å². The molecule has 0 aliphatic heterocycles. The van der Waals surface area contributed by atoms with Gasteiger partial charge in [0.15, 0.2) is 0 Å². The Morgan fingerprint density at radius 1 is 1.50 bits per heavy atom. The molecule has 0 radical (unpaired) electrons. The van der Waals surface area contributed by atoms with Crippen LogP contribution in [0.3, 0.4) is 0 Å². The van der Waals surface area contributed by atoms with Gasteiger partial charge in [0.25, 0.3) is 0 Å². The maximum absolute atomic E-state index is 11.1. The maximum Gasteiger partial charge on any atom is 0.229 e. The van der Waals surface area contributed by atoms with E-state index in [1.165, 1.54) is 0 Å². The third-order valence-electron chi connectivity index (χ3n) is 1.96. The normalized spacial score (nSPS) is 12.1. The molecule has 1 aromatic carbocycles. The zero-order valence-corrected chi connectivity index (χ0v) is 9.05. The Balaban J connectivity index is 3.04. The van der Waals surface area contributed by atoms with Crippen LogP contribution in [0.2, 0.25) is 5.02 Å². The molecule has 0 spiro atoms. The molecule has 0 aliphatic carbocycles. The van der Waals surface area contributed by atoms with Crippen LogP contribution < -0.4 is 0 Å². The molecule has 0 saturated heterocycles. The van der Waals surface area contributed by atoms with Crippen LogP contribution in [0, 0.1) is 0 Å². The van der Waals surface area contributed by atoms with Gasteiger partial charge in [0.05, 0.1) is 5.92 Å². The summed E-state index contributed by atoms with van der Waals surface area (Å²) in [6.07, 6.45) is 2.17. The van der Waals surface area contributed by atoms with E-state index in [1.54, 1.807) is 18.2 Å². The van der Waals surface area contributed by atoms with E-state index in [4.69, 9.17) is 23.2 Å². The molecule has 1 unspecified atom stereocenters.